The van der Waals surface area contributed by atoms with Crippen LogP contribution in [-0.2, 0) is 14.9 Å². The van der Waals surface area contributed by atoms with Gasteiger partial charge in [0.25, 0.3) is 0 Å². The molecule has 8 heteroatoms. The highest BCUT2D eigenvalue weighted by Gasteiger charge is 2.40. The molecular weight excluding hydrogens is 442 g/mol. The Labute approximate surface area is 211 Å². The molecule has 0 bridgehead atoms. The Morgan fingerprint density at radius 3 is 2.69 bits per heavy atom. The summed E-state index contributed by atoms with van der Waals surface area (Å²) in [4.78, 5) is 25.2. The van der Waals surface area contributed by atoms with Crippen LogP contribution in [0.5, 0.6) is 0 Å². The Morgan fingerprint density at radius 1 is 1.29 bits per heavy atom. The molecule has 2 N–H and O–H groups in total. The van der Waals surface area contributed by atoms with Crippen molar-refractivity contribution in [2.45, 2.75) is 90.1 Å². The van der Waals surface area contributed by atoms with Crippen LogP contribution in [0, 0.1) is 0 Å². The molecule has 5 atom stereocenters. The maximum atomic E-state index is 13.8. The molecule has 0 spiro atoms. The van der Waals surface area contributed by atoms with Gasteiger partial charge in [-0.05, 0) is 33.3 Å². The Kier molecular flexibility index (Phi) is 8.18. The molecule has 4 rings (SSSR count). The zero-order chi connectivity index (χ0) is 25.3. The van der Waals surface area contributed by atoms with Crippen molar-refractivity contribution >= 4 is 11.6 Å². The number of pyridine rings is 1. The topological polar surface area (TPSA) is 81.2 Å². The van der Waals surface area contributed by atoms with Crippen LogP contribution >= 0.6 is 0 Å². The van der Waals surface area contributed by atoms with Crippen LogP contribution in [0.25, 0.3) is 0 Å². The molecule has 3 aliphatic rings. The molecule has 0 aliphatic carbocycles. The van der Waals surface area contributed by atoms with Crippen molar-refractivity contribution in [3.63, 3.8) is 0 Å². The first kappa shape index (κ1) is 26.5. The van der Waals surface area contributed by atoms with E-state index < -0.39 is 6.10 Å². The summed E-state index contributed by atoms with van der Waals surface area (Å²) in [6.07, 6.45) is 2.83. The standard InChI is InChI=1S/C27H45N5O3/c1-7-8-25(33)23-9-24-22(11-29-23)27(5,6)17-32(24)26(34)14-30-12-18(2)28-10-21(30)13-31-19(3)15-35-16-20(31)4/h9,11,18-21,25,28,33H,7-8,10,12-17H2,1-6H3/t18-,19-,20-,21-,25?/m1/s1. The molecule has 8 nitrogen and oxygen atoms in total. The van der Waals surface area contributed by atoms with Gasteiger partial charge in [-0.2, -0.15) is 0 Å². The van der Waals surface area contributed by atoms with Gasteiger partial charge < -0.3 is 20.1 Å². The number of aromatic nitrogens is 1. The highest BCUT2D eigenvalue weighted by atomic mass is 16.5. The van der Waals surface area contributed by atoms with Gasteiger partial charge in [-0.25, -0.2) is 0 Å². The lowest BCUT2D eigenvalue weighted by Gasteiger charge is -2.46. The molecule has 1 aromatic rings. The van der Waals surface area contributed by atoms with Gasteiger partial charge in [0, 0.05) is 67.5 Å². The van der Waals surface area contributed by atoms with Crippen LogP contribution in [0.3, 0.4) is 0 Å². The van der Waals surface area contributed by atoms with Crippen molar-refractivity contribution in [3.8, 4) is 0 Å². The molecule has 0 radical (unpaired) electrons. The summed E-state index contributed by atoms with van der Waals surface area (Å²) in [6, 6.07) is 3.32. The van der Waals surface area contributed by atoms with E-state index in [9.17, 15) is 9.90 Å². The van der Waals surface area contributed by atoms with E-state index in [0.717, 1.165) is 50.5 Å². The number of carbonyl (C=O) groups excluding carboxylic acids is 1. The Bertz CT molecular complexity index is 884. The van der Waals surface area contributed by atoms with Gasteiger partial charge in [0.2, 0.25) is 5.91 Å². The van der Waals surface area contributed by atoms with Gasteiger partial charge >= 0.3 is 0 Å². The van der Waals surface area contributed by atoms with Gasteiger partial charge in [0.1, 0.15) is 0 Å². The third-order valence-electron chi connectivity index (χ3n) is 8.02. The van der Waals surface area contributed by atoms with Gasteiger partial charge in [0.05, 0.1) is 37.2 Å². The fourth-order valence-electron chi connectivity index (χ4n) is 5.90. The largest absolute Gasteiger partial charge is 0.387 e. The first-order valence-corrected chi connectivity index (χ1v) is 13.4. The van der Waals surface area contributed by atoms with E-state index in [0.29, 0.717) is 43.3 Å². The van der Waals surface area contributed by atoms with E-state index in [4.69, 9.17) is 4.74 Å². The summed E-state index contributed by atoms with van der Waals surface area (Å²) in [5.41, 5.74) is 2.49. The van der Waals surface area contributed by atoms with Gasteiger partial charge in [-0.3, -0.25) is 19.6 Å². The molecule has 3 aliphatic heterocycles. The minimum Gasteiger partial charge on any atom is -0.387 e. The molecule has 4 heterocycles. The highest BCUT2D eigenvalue weighted by molar-refractivity contribution is 5.97. The summed E-state index contributed by atoms with van der Waals surface area (Å²) in [6.45, 7) is 18.3. The maximum Gasteiger partial charge on any atom is 0.241 e. The molecule has 196 valence electrons. The first-order valence-electron chi connectivity index (χ1n) is 13.4. The van der Waals surface area contributed by atoms with Crippen LogP contribution in [0.1, 0.15) is 71.7 Å². The van der Waals surface area contributed by atoms with Gasteiger partial charge in [-0.1, -0.05) is 27.2 Å². The average molecular weight is 488 g/mol. The Hall–Kier alpha value is -1.58. The van der Waals surface area contributed by atoms with Gasteiger partial charge in [-0.15, -0.1) is 0 Å². The number of carbonyl (C=O) groups is 1. The first-order chi connectivity index (χ1) is 16.6. The smallest absolute Gasteiger partial charge is 0.241 e. The summed E-state index contributed by atoms with van der Waals surface area (Å²) in [7, 11) is 0. The molecule has 1 amide bonds. The zero-order valence-corrected chi connectivity index (χ0v) is 22.5. The van der Waals surface area contributed by atoms with Crippen LogP contribution in [-0.4, -0.2) is 95.9 Å². The van der Waals surface area contributed by atoms with E-state index in [1.807, 2.05) is 17.2 Å². The second-order valence-electron chi connectivity index (χ2n) is 11.6. The minimum absolute atomic E-state index is 0.126. The zero-order valence-electron chi connectivity index (χ0n) is 22.5. The number of aliphatic hydroxyl groups excluding tert-OH is 1. The van der Waals surface area contributed by atoms with E-state index in [1.54, 1.807) is 0 Å². The number of nitrogens with one attached hydrogen (secondary N) is 1. The summed E-state index contributed by atoms with van der Waals surface area (Å²) in [5, 5.41) is 14.2. The van der Waals surface area contributed by atoms with Crippen molar-refractivity contribution in [2.24, 2.45) is 0 Å². The quantitative estimate of drug-likeness (QED) is 0.611. The lowest BCUT2D eigenvalue weighted by atomic mass is 9.88. The summed E-state index contributed by atoms with van der Waals surface area (Å²) in [5.74, 6) is 0.126. The molecule has 0 aromatic carbocycles. The number of nitrogens with zero attached hydrogens (tertiary/aromatic N) is 4. The van der Waals surface area contributed by atoms with E-state index >= 15 is 0 Å². The number of ether oxygens (including phenoxy) is 1. The number of amides is 1. The molecule has 2 fully saturated rings. The third-order valence-corrected chi connectivity index (χ3v) is 8.02. The predicted molar refractivity (Wildman–Crippen MR) is 139 cm³/mol. The second-order valence-corrected chi connectivity index (χ2v) is 11.6. The monoisotopic (exact) mass is 487 g/mol. The maximum absolute atomic E-state index is 13.8. The Morgan fingerprint density at radius 2 is 2.00 bits per heavy atom. The van der Waals surface area contributed by atoms with Gasteiger partial charge in [0.15, 0.2) is 0 Å². The molecule has 0 saturated carbocycles. The molecule has 1 aromatic heterocycles. The number of aliphatic hydroxyl groups is 1. The van der Waals surface area contributed by atoms with Crippen molar-refractivity contribution in [1.29, 1.82) is 0 Å². The number of piperazine rings is 1. The number of hydrogen-bond acceptors (Lipinski definition) is 7. The summed E-state index contributed by atoms with van der Waals surface area (Å²) >= 11 is 0. The number of hydrogen-bond donors (Lipinski definition) is 2. The average Bonchev–Trinajstić information content (AvgIpc) is 3.08. The number of anilines is 1. The van der Waals surface area contributed by atoms with Crippen LogP contribution in [0.15, 0.2) is 12.3 Å². The third kappa shape index (κ3) is 5.72. The van der Waals surface area contributed by atoms with Crippen LogP contribution < -0.4 is 10.2 Å². The van der Waals surface area contributed by atoms with E-state index in [2.05, 4.69) is 61.6 Å². The molecule has 1 unspecified atom stereocenters. The van der Waals surface area contributed by atoms with E-state index in [-0.39, 0.29) is 17.4 Å². The van der Waals surface area contributed by atoms with Crippen molar-refractivity contribution < 1.29 is 14.6 Å². The number of rotatable bonds is 7. The molecule has 2 saturated heterocycles. The van der Waals surface area contributed by atoms with Crippen molar-refractivity contribution in [3.05, 3.63) is 23.5 Å². The molecular formula is C27H45N5O3. The summed E-state index contributed by atoms with van der Waals surface area (Å²) < 4.78 is 5.73. The highest BCUT2D eigenvalue weighted by Crippen LogP contribution is 2.41. The molecule has 35 heavy (non-hydrogen) atoms. The van der Waals surface area contributed by atoms with E-state index in [1.165, 1.54) is 0 Å². The SMILES string of the molecule is CCCC(O)c1cc2c(cn1)C(C)(C)CN2C(=O)CN1C[C@@H](C)NC[C@@H]1CN1[C@H](C)COC[C@H]1C. The Balaban J connectivity index is 1.52. The van der Waals surface area contributed by atoms with Crippen molar-refractivity contribution in [2.75, 3.05) is 50.8 Å². The minimum atomic E-state index is -0.595. The lowest BCUT2D eigenvalue weighted by Crippen LogP contribution is -2.63. The van der Waals surface area contributed by atoms with Crippen LogP contribution in [0.4, 0.5) is 5.69 Å². The fraction of sp³-hybridized carbons (Fsp3) is 0.778. The lowest BCUT2D eigenvalue weighted by molar-refractivity contribution is -0.121. The normalized spacial score (nSPS) is 30.3. The van der Waals surface area contributed by atoms with Crippen molar-refractivity contribution in [1.82, 2.24) is 20.1 Å². The second kappa shape index (κ2) is 10.8. The predicted octanol–water partition coefficient (Wildman–Crippen LogP) is 2.31. The number of morpholine rings is 1. The number of fused-ring (bicyclic) bond motifs is 1. The fourth-order valence-corrected chi connectivity index (χ4v) is 5.90. The van der Waals surface area contributed by atoms with Crippen LogP contribution in [0.2, 0.25) is 0 Å².